The third kappa shape index (κ3) is 4.04. The van der Waals surface area contributed by atoms with Gasteiger partial charge in [0.1, 0.15) is 18.7 Å². The topological polar surface area (TPSA) is 64.4 Å². The Morgan fingerprint density at radius 2 is 1.79 bits per heavy atom. The number of halogens is 4. The Morgan fingerprint density at radius 1 is 1.05 bits per heavy atom. The number of nitrogens with zero attached hydrogens (tertiary/aromatic N) is 3. The van der Waals surface area contributed by atoms with Crippen LogP contribution in [0.25, 0.3) is 22.2 Å². The molecule has 3 aromatic carbocycles. The first-order valence-corrected chi connectivity index (χ1v) is 14.7. The van der Waals surface area contributed by atoms with Crippen molar-refractivity contribution in [3.63, 3.8) is 0 Å². The van der Waals surface area contributed by atoms with Gasteiger partial charge in [0, 0.05) is 39.5 Å². The number of carbonyl (C=O) groups is 1. The summed E-state index contributed by atoms with van der Waals surface area (Å²) in [6.45, 7) is -3.21. The molecule has 6 rings (SSSR count). The van der Waals surface area contributed by atoms with Crippen molar-refractivity contribution in [3.05, 3.63) is 77.1 Å². The first kappa shape index (κ1) is 22.2. The smallest absolute Gasteiger partial charge is 0.387 e. The van der Waals surface area contributed by atoms with Crippen LogP contribution in [0.5, 0.6) is 5.75 Å². The van der Waals surface area contributed by atoms with Gasteiger partial charge in [-0.05, 0) is 54.8 Å². The van der Waals surface area contributed by atoms with E-state index in [0.717, 1.165) is 4.90 Å². The van der Waals surface area contributed by atoms with Crippen molar-refractivity contribution in [3.8, 4) is 16.9 Å². The first-order valence-electron chi connectivity index (χ1n) is 13.6. The lowest BCUT2D eigenvalue weighted by molar-refractivity contribution is -0.0507. The molecule has 2 aliphatic rings. The van der Waals surface area contributed by atoms with Crippen molar-refractivity contribution in [1.29, 1.82) is 0 Å². The highest BCUT2D eigenvalue weighted by molar-refractivity contribution is 7.70. The van der Waals surface area contributed by atoms with Gasteiger partial charge in [-0.1, -0.05) is 24.3 Å². The molecule has 0 saturated carbocycles. The van der Waals surface area contributed by atoms with E-state index in [-0.39, 0.29) is 40.0 Å². The van der Waals surface area contributed by atoms with Gasteiger partial charge in [-0.15, -0.1) is 0 Å². The Hall–Kier alpha value is -3.65. The van der Waals surface area contributed by atoms with Gasteiger partial charge in [0.25, 0.3) is 12.3 Å². The number of aromatic nitrogens is 2. The maximum Gasteiger partial charge on any atom is 0.387 e. The molecule has 2 bridgehead atoms. The average Bonchev–Trinajstić information content (AvgIpc) is 3.39. The van der Waals surface area contributed by atoms with Crippen molar-refractivity contribution in [1.82, 2.24) is 14.5 Å². The van der Waals surface area contributed by atoms with Gasteiger partial charge in [0.05, 0.1) is 23.1 Å². The third-order valence-electron chi connectivity index (χ3n) is 7.33. The summed E-state index contributed by atoms with van der Waals surface area (Å²) in [5.74, 6) is -0.839. The standard InChI is InChI=1S/C28H24F4N3O3P/c1-34-21-13-20(24-16(27(34)36)5-4-6-22(24)38-28(31)32)35-19-12-15(7-9-18(19)33-26(21)35)14-8-10-23(39(2,3)37)17(11-14)25(29)30/h4-12,20-21,25,28H,13H2,1-3H3/t20-,21-/m1/s1/i1D3. The number of ether oxygens (including phenoxy) is 1. The molecule has 2 atom stereocenters. The largest absolute Gasteiger partial charge is 0.434 e. The number of hydrogen-bond acceptors (Lipinski definition) is 4. The highest BCUT2D eigenvalue weighted by atomic mass is 31.2. The molecule has 3 heterocycles. The first-order chi connectivity index (χ1) is 19.7. The van der Waals surface area contributed by atoms with Crippen LogP contribution >= 0.6 is 7.14 Å². The normalized spacial score (nSPS) is 20.1. The molecule has 202 valence electrons. The molecule has 0 saturated heterocycles. The Balaban J connectivity index is 1.58. The molecule has 0 N–H and O–H groups in total. The van der Waals surface area contributed by atoms with Gasteiger partial charge >= 0.3 is 6.61 Å². The Labute approximate surface area is 225 Å². The van der Waals surface area contributed by atoms with Gasteiger partial charge in [-0.25, -0.2) is 13.8 Å². The molecule has 1 aromatic heterocycles. The Morgan fingerprint density at radius 3 is 2.49 bits per heavy atom. The van der Waals surface area contributed by atoms with Crippen molar-refractivity contribution in [2.45, 2.75) is 31.5 Å². The molecule has 0 fully saturated rings. The number of imidazole rings is 1. The summed E-state index contributed by atoms with van der Waals surface area (Å²) >= 11 is 0. The van der Waals surface area contributed by atoms with Gasteiger partial charge in [-0.3, -0.25) is 4.79 Å². The molecule has 0 unspecified atom stereocenters. The zero-order valence-electron chi connectivity index (χ0n) is 23.7. The van der Waals surface area contributed by atoms with Crippen molar-refractivity contribution >= 4 is 29.4 Å². The lowest BCUT2D eigenvalue weighted by Crippen LogP contribution is -2.30. The van der Waals surface area contributed by atoms with Crippen LogP contribution in [0, 0.1) is 0 Å². The zero-order valence-corrected chi connectivity index (χ0v) is 21.6. The summed E-state index contributed by atoms with van der Waals surface area (Å²) in [6, 6.07) is 11.6. The summed E-state index contributed by atoms with van der Waals surface area (Å²) in [6.07, 6.45) is -2.80. The van der Waals surface area contributed by atoms with Crippen LogP contribution in [0.3, 0.4) is 0 Å². The quantitative estimate of drug-likeness (QED) is 0.204. The van der Waals surface area contributed by atoms with Crippen molar-refractivity contribution in [2.75, 3.05) is 20.3 Å². The third-order valence-corrected chi connectivity index (χ3v) is 8.89. The number of fused-ring (bicyclic) bond motifs is 9. The molecule has 0 spiro atoms. The van der Waals surface area contributed by atoms with E-state index >= 15 is 0 Å². The number of benzene rings is 3. The molecular weight excluding hydrogens is 533 g/mol. The predicted molar refractivity (Wildman–Crippen MR) is 140 cm³/mol. The van der Waals surface area contributed by atoms with E-state index in [1.165, 1.54) is 43.7 Å². The van der Waals surface area contributed by atoms with Crippen molar-refractivity contribution < 1.29 is 35.8 Å². The van der Waals surface area contributed by atoms with E-state index in [9.17, 15) is 26.9 Å². The minimum atomic E-state index is -3.19. The fourth-order valence-electron chi connectivity index (χ4n) is 5.69. The molecule has 1 amide bonds. The molecular formula is C28H24F4N3O3P. The highest BCUT2D eigenvalue weighted by Crippen LogP contribution is 2.50. The SMILES string of the molecule is [2H]C([2H])([2H])N1C(=O)c2cccc(OC(F)F)c2[C@H]2C[C@@H]1c1nc3ccc(-c4ccc(P(C)(C)=O)c(C(F)F)c4)cc3n12. The Bertz CT molecular complexity index is 1800. The fraction of sp³-hybridized carbons (Fsp3) is 0.286. The van der Waals surface area contributed by atoms with Crippen LogP contribution in [0.2, 0.25) is 0 Å². The maximum atomic E-state index is 14.0. The van der Waals surface area contributed by atoms with Crippen LogP contribution in [0.1, 0.15) is 56.4 Å². The zero-order chi connectivity index (χ0) is 30.3. The summed E-state index contributed by atoms with van der Waals surface area (Å²) in [7, 11) is -2.99. The summed E-state index contributed by atoms with van der Waals surface area (Å²) in [5.41, 5.74) is 1.61. The molecule has 2 aliphatic heterocycles. The van der Waals surface area contributed by atoms with Gasteiger partial charge < -0.3 is 18.8 Å². The van der Waals surface area contributed by atoms with E-state index in [1.54, 1.807) is 28.8 Å². The second-order valence-electron chi connectivity index (χ2n) is 10.0. The van der Waals surface area contributed by atoms with Crippen LogP contribution in [0.4, 0.5) is 17.6 Å². The van der Waals surface area contributed by atoms with E-state index in [4.69, 9.17) is 8.85 Å². The lowest BCUT2D eigenvalue weighted by atomic mass is 9.97. The molecule has 4 aromatic rings. The molecule has 6 nitrogen and oxygen atoms in total. The van der Waals surface area contributed by atoms with Crippen LogP contribution in [-0.4, -0.2) is 47.3 Å². The average molecular weight is 561 g/mol. The maximum absolute atomic E-state index is 14.0. The van der Waals surface area contributed by atoms with E-state index in [2.05, 4.69) is 4.98 Å². The summed E-state index contributed by atoms with van der Waals surface area (Å²) in [4.78, 5) is 19.0. The highest BCUT2D eigenvalue weighted by Gasteiger charge is 2.45. The minimum Gasteiger partial charge on any atom is -0.434 e. The lowest BCUT2D eigenvalue weighted by Gasteiger charge is -2.24. The number of rotatable bonds is 5. The Kier molecular flexibility index (Phi) is 5.09. The van der Waals surface area contributed by atoms with Gasteiger partial charge in [-0.2, -0.15) is 8.78 Å². The summed E-state index contributed by atoms with van der Waals surface area (Å²) in [5, 5.41) is 0.0928. The number of amides is 1. The predicted octanol–water partition coefficient (Wildman–Crippen LogP) is 6.61. The second kappa shape index (κ2) is 8.95. The molecule has 11 heteroatoms. The second-order valence-corrected chi connectivity index (χ2v) is 13.2. The fourth-order valence-corrected chi connectivity index (χ4v) is 6.90. The van der Waals surface area contributed by atoms with E-state index in [1.807, 2.05) is 0 Å². The van der Waals surface area contributed by atoms with E-state index < -0.39 is 45.1 Å². The molecule has 0 radical (unpaired) electrons. The minimum absolute atomic E-state index is 0.0513. The number of carbonyl (C=O) groups excluding carboxylic acids is 1. The van der Waals surface area contributed by atoms with Crippen LogP contribution < -0.4 is 10.0 Å². The monoisotopic (exact) mass is 560 g/mol. The van der Waals surface area contributed by atoms with Gasteiger partial charge in [0.15, 0.2) is 0 Å². The van der Waals surface area contributed by atoms with E-state index in [0.29, 0.717) is 22.2 Å². The van der Waals surface area contributed by atoms with Crippen LogP contribution in [-0.2, 0) is 4.57 Å². The summed E-state index contributed by atoms with van der Waals surface area (Å²) < 4.78 is 98.3. The van der Waals surface area contributed by atoms with Crippen LogP contribution in [0.15, 0.2) is 54.6 Å². The molecule has 39 heavy (non-hydrogen) atoms. The molecule has 0 aliphatic carbocycles. The number of alkyl halides is 4. The van der Waals surface area contributed by atoms with Crippen molar-refractivity contribution in [2.24, 2.45) is 0 Å². The van der Waals surface area contributed by atoms with Gasteiger partial charge in [0.2, 0.25) is 0 Å². The number of hydrogen-bond donors (Lipinski definition) is 0.